The number of rotatable bonds is 8. The van der Waals surface area contributed by atoms with E-state index in [0.717, 1.165) is 5.56 Å². The standard InChI is InChI=1S/C16H23F3N4O.HI/c1-2-20-15(21-8-7-16(17,18)19)23-10-13-5-6-14(22-9-13)24-11-12-3-4-12;/h5-6,9,12H,2-4,7-8,10-11H2,1H3,(H2,20,21,23);1H. The number of aliphatic imine (C=N–C) groups is 1. The predicted molar refractivity (Wildman–Crippen MR) is 101 cm³/mol. The van der Waals surface area contributed by atoms with Gasteiger partial charge in [-0.3, -0.25) is 0 Å². The van der Waals surface area contributed by atoms with E-state index >= 15 is 0 Å². The minimum Gasteiger partial charge on any atom is -0.477 e. The van der Waals surface area contributed by atoms with E-state index in [1.54, 1.807) is 12.3 Å². The first-order valence-corrected chi connectivity index (χ1v) is 8.13. The highest BCUT2D eigenvalue weighted by Gasteiger charge is 2.26. The van der Waals surface area contributed by atoms with E-state index < -0.39 is 12.6 Å². The lowest BCUT2D eigenvalue weighted by Gasteiger charge is -2.12. The Morgan fingerprint density at radius 1 is 1.32 bits per heavy atom. The summed E-state index contributed by atoms with van der Waals surface area (Å²) in [5.41, 5.74) is 0.863. The van der Waals surface area contributed by atoms with Gasteiger partial charge in [0.15, 0.2) is 5.96 Å². The van der Waals surface area contributed by atoms with Crippen molar-refractivity contribution >= 4 is 29.9 Å². The summed E-state index contributed by atoms with van der Waals surface area (Å²) >= 11 is 0. The van der Waals surface area contributed by atoms with Gasteiger partial charge in [-0.1, -0.05) is 6.07 Å². The monoisotopic (exact) mass is 472 g/mol. The minimum absolute atomic E-state index is 0. The molecule has 1 aromatic rings. The Hall–Kier alpha value is -1.26. The molecule has 9 heteroatoms. The van der Waals surface area contributed by atoms with Crippen molar-refractivity contribution in [2.45, 2.75) is 38.9 Å². The van der Waals surface area contributed by atoms with Crippen molar-refractivity contribution < 1.29 is 17.9 Å². The van der Waals surface area contributed by atoms with Crippen molar-refractivity contribution in [2.75, 3.05) is 19.7 Å². The second-order valence-corrected chi connectivity index (χ2v) is 5.75. The van der Waals surface area contributed by atoms with Crippen LogP contribution in [0.2, 0.25) is 0 Å². The van der Waals surface area contributed by atoms with Gasteiger partial charge in [-0.05, 0) is 31.2 Å². The fraction of sp³-hybridized carbons (Fsp3) is 0.625. The van der Waals surface area contributed by atoms with Gasteiger partial charge in [0.25, 0.3) is 0 Å². The molecule has 0 bridgehead atoms. The summed E-state index contributed by atoms with van der Waals surface area (Å²) in [7, 11) is 0. The first kappa shape index (κ1) is 21.8. The van der Waals surface area contributed by atoms with Crippen molar-refractivity contribution in [3.05, 3.63) is 23.9 Å². The molecular weight excluding hydrogens is 448 g/mol. The van der Waals surface area contributed by atoms with Crippen LogP contribution in [0.5, 0.6) is 5.88 Å². The van der Waals surface area contributed by atoms with Crippen LogP contribution in [-0.4, -0.2) is 36.8 Å². The Morgan fingerprint density at radius 2 is 2.08 bits per heavy atom. The Labute approximate surface area is 162 Å². The first-order chi connectivity index (χ1) is 11.5. The van der Waals surface area contributed by atoms with Crippen LogP contribution in [0.15, 0.2) is 23.3 Å². The van der Waals surface area contributed by atoms with E-state index in [2.05, 4.69) is 20.6 Å². The number of aromatic nitrogens is 1. The maximum atomic E-state index is 12.2. The molecule has 0 spiro atoms. The SMILES string of the molecule is CCNC(=NCc1ccc(OCC2CC2)nc1)NCCC(F)(F)F.I. The lowest BCUT2D eigenvalue weighted by Crippen LogP contribution is -2.38. The van der Waals surface area contributed by atoms with Gasteiger partial charge in [0.1, 0.15) is 0 Å². The molecule has 0 aliphatic heterocycles. The molecule has 1 heterocycles. The van der Waals surface area contributed by atoms with Crippen molar-refractivity contribution in [3.8, 4) is 5.88 Å². The Morgan fingerprint density at radius 3 is 2.64 bits per heavy atom. The summed E-state index contributed by atoms with van der Waals surface area (Å²) in [4.78, 5) is 8.48. The van der Waals surface area contributed by atoms with E-state index in [1.165, 1.54) is 12.8 Å². The van der Waals surface area contributed by atoms with Crippen LogP contribution in [0.3, 0.4) is 0 Å². The summed E-state index contributed by atoms with van der Waals surface area (Å²) < 4.78 is 42.1. The second-order valence-electron chi connectivity index (χ2n) is 5.75. The molecule has 1 aromatic heterocycles. The van der Waals surface area contributed by atoms with Gasteiger partial charge < -0.3 is 15.4 Å². The van der Waals surface area contributed by atoms with Crippen LogP contribution in [0.4, 0.5) is 13.2 Å². The van der Waals surface area contributed by atoms with Gasteiger partial charge in [-0.15, -0.1) is 24.0 Å². The number of guanidine groups is 1. The van der Waals surface area contributed by atoms with E-state index in [1.807, 2.05) is 13.0 Å². The van der Waals surface area contributed by atoms with Crippen LogP contribution in [0.1, 0.15) is 31.7 Å². The van der Waals surface area contributed by atoms with E-state index in [-0.39, 0.29) is 30.5 Å². The van der Waals surface area contributed by atoms with Crippen molar-refractivity contribution in [1.82, 2.24) is 15.6 Å². The number of pyridine rings is 1. The molecule has 1 aliphatic rings. The molecule has 0 saturated heterocycles. The highest BCUT2D eigenvalue weighted by Crippen LogP contribution is 2.29. The van der Waals surface area contributed by atoms with Crippen molar-refractivity contribution in [3.63, 3.8) is 0 Å². The molecule has 1 fully saturated rings. The van der Waals surface area contributed by atoms with Crippen LogP contribution >= 0.6 is 24.0 Å². The Bertz CT molecular complexity index is 533. The summed E-state index contributed by atoms with van der Waals surface area (Å²) in [6, 6.07) is 3.65. The largest absolute Gasteiger partial charge is 0.477 e. The third kappa shape index (κ3) is 9.71. The first-order valence-electron chi connectivity index (χ1n) is 8.13. The average Bonchev–Trinajstić information content (AvgIpc) is 3.35. The molecular formula is C16H24F3IN4O. The number of hydrogen-bond acceptors (Lipinski definition) is 3. The highest BCUT2D eigenvalue weighted by atomic mass is 127. The molecule has 0 unspecified atom stereocenters. The minimum atomic E-state index is -4.18. The van der Waals surface area contributed by atoms with Gasteiger partial charge in [0.05, 0.1) is 19.6 Å². The zero-order valence-corrected chi connectivity index (χ0v) is 16.4. The van der Waals surface area contributed by atoms with Crippen molar-refractivity contribution in [2.24, 2.45) is 10.9 Å². The zero-order chi connectivity index (χ0) is 17.4. The molecule has 1 aliphatic carbocycles. The topological polar surface area (TPSA) is 58.5 Å². The van der Waals surface area contributed by atoms with Gasteiger partial charge in [-0.2, -0.15) is 13.2 Å². The maximum Gasteiger partial charge on any atom is 0.390 e. The number of ether oxygens (including phenoxy) is 1. The maximum absolute atomic E-state index is 12.2. The number of halogens is 4. The number of hydrogen-bond donors (Lipinski definition) is 2. The van der Waals surface area contributed by atoms with Gasteiger partial charge in [0, 0.05) is 25.4 Å². The zero-order valence-electron chi connectivity index (χ0n) is 14.1. The molecule has 5 nitrogen and oxygen atoms in total. The third-order valence-electron chi connectivity index (χ3n) is 3.43. The summed E-state index contributed by atoms with van der Waals surface area (Å²) in [6.45, 7) is 3.26. The molecule has 2 rings (SSSR count). The number of nitrogens with one attached hydrogen (secondary N) is 2. The Balaban J connectivity index is 0.00000312. The smallest absolute Gasteiger partial charge is 0.390 e. The van der Waals surface area contributed by atoms with Crippen LogP contribution in [-0.2, 0) is 6.54 Å². The lowest BCUT2D eigenvalue weighted by atomic mass is 10.3. The molecule has 0 amide bonds. The van der Waals surface area contributed by atoms with Gasteiger partial charge >= 0.3 is 6.18 Å². The molecule has 0 radical (unpaired) electrons. The van der Waals surface area contributed by atoms with Crippen LogP contribution in [0, 0.1) is 5.92 Å². The van der Waals surface area contributed by atoms with Crippen LogP contribution in [0.25, 0.3) is 0 Å². The fourth-order valence-corrected chi connectivity index (χ4v) is 1.91. The van der Waals surface area contributed by atoms with Gasteiger partial charge in [0.2, 0.25) is 5.88 Å². The normalized spacial score (nSPS) is 14.6. The van der Waals surface area contributed by atoms with E-state index in [0.29, 0.717) is 37.5 Å². The molecule has 2 N–H and O–H groups in total. The number of alkyl halides is 3. The lowest BCUT2D eigenvalue weighted by molar-refractivity contribution is -0.132. The molecule has 142 valence electrons. The molecule has 0 aromatic carbocycles. The molecule has 25 heavy (non-hydrogen) atoms. The van der Waals surface area contributed by atoms with E-state index in [4.69, 9.17) is 4.74 Å². The number of nitrogens with zero attached hydrogens (tertiary/aromatic N) is 2. The quantitative estimate of drug-likeness (QED) is 0.346. The summed E-state index contributed by atoms with van der Waals surface area (Å²) in [6.07, 6.45) is -0.954. The fourth-order valence-electron chi connectivity index (χ4n) is 1.91. The predicted octanol–water partition coefficient (Wildman–Crippen LogP) is 3.50. The molecule has 1 saturated carbocycles. The van der Waals surface area contributed by atoms with E-state index in [9.17, 15) is 13.2 Å². The highest BCUT2D eigenvalue weighted by molar-refractivity contribution is 14.0. The molecule has 0 atom stereocenters. The second kappa shape index (κ2) is 10.7. The summed E-state index contributed by atoms with van der Waals surface area (Å²) in [5, 5.41) is 5.59. The van der Waals surface area contributed by atoms with Crippen LogP contribution < -0.4 is 15.4 Å². The van der Waals surface area contributed by atoms with Crippen molar-refractivity contribution in [1.29, 1.82) is 0 Å². The average molecular weight is 472 g/mol. The Kier molecular flexibility index (Phi) is 9.30. The van der Waals surface area contributed by atoms with Gasteiger partial charge in [-0.25, -0.2) is 9.98 Å². The summed E-state index contributed by atoms with van der Waals surface area (Å²) in [5.74, 6) is 1.61. The third-order valence-corrected chi connectivity index (χ3v) is 3.43.